The van der Waals surface area contributed by atoms with Gasteiger partial charge in [0.05, 0.1) is 11.1 Å². The van der Waals surface area contributed by atoms with Crippen LogP contribution < -0.4 is 4.74 Å². The van der Waals surface area contributed by atoms with Crippen molar-refractivity contribution in [1.29, 1.82) is 0 Å². The second-order valence-electron chi connectivity index (χ2n) is 6.00. The van der Waals surface area contributed by atoms with E-state index in [1.807, 2.05) is 27.7 Å². The Hall–Kier alpha value is -2.77. The molecular weight excluding hydrogens is 434 g/mol. The maximum absolute atomic E-state index is 12.8. The quantitative estimate of drug-likeness (QED) is 0.369. The Morgan fingerprint density at radius 1 is 0.875 bits per heavy atom. The molecule has 1 aliphatic rings. The smallest absolute Gasteiger partial charge is 0.416 e. The summed E-state index contributed by atoms with van der Waals surface area (Å²) in [4.78, 5) is 12.4. The fraction of sp³-hybridized carbons (Fsp3) is 0.375. The average molecular weight is 462 g/mol. The zero-order chi connectivity index (χ0) is 24.9. The van der Waals surface area contributed by atoms with Crippen LogP contribution in [-0.2, 0) is 12.6 Å². The number of benzene rings is 2. The van der Waals surface area contributed by atoms with Crippen LogP contribution in [0.25, 0.3) is 6.08 Å². The van der Waals surface area contributed by atoms with Crippen LogP contribution in [0, 0.1) is 0 Å². The van der Waals surface area contributed by atoms with Gasteiger partial charge in [-0.25, -0.2) is 0 Å². The summed E-state index contributed by atoms with van der Waals surface area (Å²) in [5, 5.41) is 0. The number of ether oxygens (including phenoxy) is 1. The number of hydrogen-bond acceptors (Lipinski definition) is 2. The molecule has 1 heterocycles. The highest BCUT2D eigenvalue weighted by atomic mass is 19.4. The maximum atomic E-state index is 12.8. The van der Waals surface area contributed by atoms with Crippen molar-refractivity contribution in [3.8, 4) is 5.75 Å². The minimum atomic E-state index is -4.41. The molecule has 2 aromatic rings. The maximum Gasteiger partial charge on any atom is 0.416 e. The topological polar surface area (TPSA) is 26.3 Å². The van der Waals surface area contributed by atoms with Crippen molar-refractivity contribution < 1.29 is 35.9 Å². The van der Waals surface area contributed by atoms with Gasteiger partial charge in [-0.3, -0.25) is 4.79 Å². The number of alkyl halides is 6. The van der Waals surface area contributed by atoms with E-state index in [0.29, 0.717) is 22.4 Å². The zero-order valence-corrected chi connectivity index (χ0v) is 18.7. The molecule has 1 aliphatic heterocycles. The molecule has 0 saturated carbocycles. The molecule has 0 radical (unpaired) electrons. The van der Waals surface area contributed by atoms with Crippen molar-refractivity contribution in [2.45, 2.75) is 53.4 Å². The first-order valence-corrected chi connectivity index (χ1v) is 10.1. The number of Topliss-reactive ketones (excluding diaryl/α,β-unsaturated/α-hetero) is 1. The van der Waals surface area contributed by atoms with Crippen LogP contribution in [-0.4, -0.2) is 18.6 Å². The summed E-state index contributed by atoms with van der Waals surface area (Å²) in [5.74, 6) is 0.300. The molecule has 0 unspecified atom stereocenters. The first-order valence-electron chi connectivity index (χ1n) is 10.1. The van der Waals surface area contributed by atoms with Gasteiger partial charge >= 0.3 is 12.4 Å². The Bertz CT molecular complexity index is 862. The molecule has 0 amide bonds. The van der Waals surface area contributed by atoms with E-state index in [1.165, 1.54) is 6.07 Å². The molecule has 0 spiro atoms. The molecule has 0 bridgehead atoms. The van der Waals surface area contributed by atoms with Crippen molar-refractivity contribution in [1.82, 2.24) is 0 Å². The van der Waals surface area contributed by atoms with Crippen molar-refractivity contribution in [3.05, 3.63) is 70.8 Å². The molecule has 0 saturated heterocycles. The molecule has 2 aromatic carbocycles. The average Bonchev–Trinajstić information content (AvgIpc) is 2.73. The van der Waals surface area contributed by atoms with Gasteiger partial charge in [-0.1, -0.05) is 52.0 Å². The Morgan fingerprint density at radius 2 is 1.44 bits per heavy atom. The van der Waals surface area contributed by atoms with Crippen molar-refractivity contribution in [3.63, 3.8) is 0 Å². The Morgan fingerprint density at radius 3 is 2.00 bits per heavy atom. The van der Waals surface area contributed by atoms with Gasteiger partial charge in [0, 0.05) is 13.3 Å². The fourth-order valence-corrected chi connectivity index (χ4v) is 2.49. The van der Waals surface area contributed by atoms with Gasteiger partial charge in [-0.15, -0.1) is 0 Å². The Kier molecular flexibility index (Phi) is 12.4. The van der Waals surface area contributed by atoms with E-state index in [2.05, 4.69) is 0 Å². The third kappa shape index (κ3) is 10.5. The minimum absolute atomic E-state index is 0.0260. The van der Waals surface area contributed by atoms with Gasteiger partial charge in [0.1, 0.15) is 12.4 Å². The van der Waals surface area contributed by atoms with Crippen molar-refractivity contribution in [2.24, 2.45) is 0 Å². The van der Waals surface area contributed by atoms with Crippen molar-refractivity contribution >= 4 is 11.9 Å². The second kappa shape index (κ2) is 13.6. The van der Waals surface area contributed by atoms with Crippen LogP contribution in [0.1, 0.15) is 61.7 Å². The zero-order valence-electron chi connectivity index (χ0n) is 18.7. The van der Waals surface area contributed by atoms with Crippen LogP contribution in [0.5, 0.6) is 5.75 Å². The molecule has 0 atom stereocenters. The molecule has 8 heteroatoms. The van der Waals surface area contributed by atoms with E-state index >= 15 is 0 Å². The number of rotatable bonds is 0. The van der Waals surface area contributed by atoms with Crippen LogP contribution in [0.4, 0.5) is 26.3 Å². The van der Waals surface area contributed by atoms with Crippen LogP contribution in [0.3, 0.4) is 0 Å². The predicted molar refractivity (Wildman–Crippen MR) is 115 cm³/mol. The van der Waals surface area contributed by atoms with E-state index in [0.717, 1.165) is 12.1 Å². The molecule has 32 heavy (non-hydrogen) atoms. The third-order valence-electron chi connectivity index (χ3n) is 3.64. The predicted octanol–water partition coefficient (Wildman–Crippen LogP) is 8.16. The number of ketones is 1. The van der Waals surface area contributed by atoms with Crippen LogP contribution >= 0.6 is 0 Å². The van der Waals surface area contributed by atoms with E-state index in [-0.39, 0.29) is 25.7 Å². The molecule has 3 rings (SSSR count). The third-order valence-corrected chi connectivity index (χ3v) is 3.64. The van der Waals surface area contributed by atoms with E-state index < -0.39 is 17.9 Å². The van der Waals surface area contributed by atoms with E-state index in [9.17, 15) is 31.1 Å². The monoisotopic (exact) mass is 462 g/mol. The van der Waals surface area contributed by atoms with Gasteiger partial charge in [0.25, 0.3) is 0 Å². The van der Waals surface area contributed by atoms with Crippen LogP contribution in [0.2, 0.25) is 0 Å². The molecule has 0 fully saturated rings. The summed E-state index contributed by atoms with van der Waals surface area (Å²) in [6, 6.07) is 10.3. The van der Waals surface area contributed by atoms with Gasteiger partial charge in [0.15, 0.2) is 5.78 Å². The number of carbonyl (C=O) groups excluding carboxylic acids is 1. The normalized spacial score (nSPS) is 13.8. The molecule has 0 aliphatic carbocycles. The summed E-state index contributed by atoms with van der Waals surface area (Å²) in [6.45, 7) is 8.37. The first kappa shape index (κ1) is 29.2. The number of halogens is 6. The lowest BCUT2D eigenvalue weighted by Gasteiger charge is -2.14. The molecule has 2 nitrogen and oxygen atoms in total. The summed E-state index contributed by atoms with van der Waals surface area (Å²) >= 11 is 0. The van der Waals surface area contributed by atoms with E-state index in [4.69, 9.17) is 4.74 Å². The number of fused-ring (bicyclic) bond motifs is 2. The highest BCUT2D eigenvalue weighted by Gasteiger charge is 2.31. The lowest BCUT2D eigenvalue weighted by Crippen LogP contribution is -2.11. The molecule has 0 N–H and O–H groups in total. The highest BCUT2D eigenvalue weighted by molar-refractivity contribution is 6.00. The summed E-state index contributed by atoms with van der Waals surface area (Å²) in [6.07, 6.45) is -5.18. The number of para-hydroxylation sites is 1. The lowest BCUT2D eigenvalue weighted by atomic mass is 9.96. The minimum Gasteiger partial charge on any atom is -0.489 e. The van der Waals surface area contributed by atoms with Gasteiger partial charge in [-0.2, -0.15) is 26.3 Å². The summed E-state index contributed by atoms with van der Waals surface area (Å²) in [7, 11) is 0. The first-order chi connectivity index (χ1) is 14.9. The highest BCUT2D eigenvalue weighted by Crippen LogP contribution is 2.32. The molecule has 178 valence electrons. The van der Waals surface area contributed by atoms with Crippen LogP contribution in [0.15, 0.2) is 48.5 Å². The Labute approximate surface area is 184 Å². The fourth-order valence-electron chi connectivity index (χ4n) is 2.49. The van der Waals surface area contributed by atoms with Crippen molar-refractivity contribution in [2.75, 3.05) is 6.61 Å². The lowest BCUT2D eigenvalue weighted by molar-refractivity contribution is -0.137. The SMILES string of the molecule is CC.CC.CC(F)(F)F.O=C1Cc2ccc(C(F)(F)F)cc2/C=C\COc2ccccc21. The Balaban J connectivity index is 0.000000928. The van der Waals surface area contributed by atoms with Gasteiger partial charge in [-0.05, 0) is 41.5 Å². The largest absolute Gasteiger partial charge is 0.489 e. The number of carbonyl (C=O) groups is 1. The van der Waals surface area contributed by atoms with E-state index in [1.54, 1.807) is 36.4 Å². The second-order valence-corrected chi connectivity index (χ2v) is 6.00. The standard InChI is InChI=1S/C18H13F3O2.C2H3F3.2C2H6/c19-18(20,21)14-8-7-13-11-16(22)15-5-1-2-6-17(15)23-9-3-4-12(13)10-14;1-2(3,4)5;2*1-2/h1-8,10H,9,11H2;1H3;2*1-2H3/b4-3-;;;. The number of hydrogen-bond donors (Lipinski definition) is 0. The molecule has 0 aromatic heterocycles. The molecular formula is C24H28F6O2. The van der Waals surface area contributed by atoms with Gasteiger partial charge < -0.3 is 4.74 Å². The van der Waals surface area contributed by atoms with Gasteiger partial charge in [0.2, 0.25) is 0 Å². The summed E-state index contributed by atoms with van der Waals surface area (Å²) in [5.41, 5.74) is 0.660. The summed E-state index contributed by atoms with van der Waals surface area (Å²) < 4.78 is 75.1.